The number of carbonyl (C=O) groups excluding carboxylic acids is 2. The average Bonchev–Trinajstić information content (AvgIpc) is 3.16. The molecule has 3 rings (SSSR count). The van der Waals surface area contributed by atoms with E-state index in [0.29, 0.717) is 31.7 Å². The monoisotopic (exact) mass is 327 g/mol. The van der Waals surface area contributed by atoms with E-state index >= 15 is 0 Å². The molecule has 0 aliphatic carbocycles. The largest absolute Gasteiger partial charge is 0.472 e. The number of hydrogen-bond donors (Lipinski definition) is 1. The Kier molecular flexibility index (Phi) is 4.96. The summed E-state index contributed by atoms with van der Waals surface area (Å²) in [7, 11) is 0. The lowest BCUT2D eigenvalue weighted by Gasteiger charge is -2.37. The van der Waals surface area contributed by atoms with Gasteiger partial charge in [-0.15, -0.1) is 0 Å². The first-order valence-electron chi connectivity index (χ1n) is 8.06. The van der Waals surface area contributed by atoms with Crippen LogP contribution in [-0.2, 0) is 4.79 Å². The summed E-state index contributed by atoms with van der Waals surface area (Å²) in [5.41, 5.74) is 1.36. The maximum atomic E-state index is 12.4. The molecule has 1 N–H and O–H groups in total. The Labute approximate surface area is 141 Å². The molecule has 1 aromatic heterocycles. The second-order valence-electron chi connectivity index (χ2n) is 5.87. The molecular formula is C18H21N3O3. The molecule has 2 heterocycles. The van der Waals surface area contributed by atoms with Gasteiger partial charge in [0.1, 0.15) is 6.26 Å². The van der Waals surface area contributed by atoms with Crippen molar-refractivity contribution >= 4 is 17.5 Å². The Morgan fingerprint density at radius 2 is 1.79 bits per heavy atom. The fourth-order valence-corrected chi connectivity index (χ4v) is 2.82. The van der Waals surface area contributed by atoms with Crippen LogP contribution in [0, 0.1) is 0 Å². The number of nitrogens with one attached hydrogen (secondary N) is 1. The third-order valence-corrected chi connectivity index (χ3v) is 4.34. The fraction of sp³-hybridized carbons (Fsp3) is 0.333. The molecule has 2 aromatic rings. The van der Waals surface area contributed by atoms with Crippen LogP contribution in [-0.4, -0.2) is 53.8 Å². The summed E-state index contributed by atoms with van der Waals surface area (Å²) in [6.07, 6.45) is 2.96. The summed E-state index contributed by atoms with van der Waals surface area (Å²) in [5, 5.41) is 2.92. The summed E-state index contributed by atoms with van der Waals surface area (Å²) in [5.74, 6) is -0.0550. The number of piperazine rings is 1. The van der Waals surface area contributed by atoms with Crippen molar-refractivity contribution in [3.63, 3.8) is 0 Å². The third kappa shape index (κ3) is 3.65. The van der Waals surface area contributed by atoms with Crippen molar-refractivity contribution in [2.24, 2.45) is 0 Å². The molecule has 1 saturated heterocycles. The molecule has 2 amide bonds. The van der Waals surface area contributed by atoms with Crippen LogP contribution in [0.5, 0.6) is 0 Å². The van der Waals surface area contributed by atoms with E-state index in [4.69, 9.17) is 4.42 Å². The number of nitrogens with zero attached hydrogens (tertiary/aromatic N) is 2. The van der Waals surface area contributed by atoms with Crippen LogP contribution in [0.4, 0.5) is 5.69 Å². The van der Waals surface area contributed by atoms with Crippen molar-refractivity contribution < 1.29 is 14.0 Å². The van der Waals surface area contributed by atoms with E-state index in [2.05, 4.69) is 10.2 Å². The second kappa shape index (κ2) is 7.31. The van der Waals surface area contributed by atoms with Gasteiger partial charge in [-0.05, 0) is 25.1 Å². The van der Waals surface area contributed by atoms with Crippen molar-refractivity contribution in [3.05, 3.63) is 54.5 Å². The number of para-hydroxylation sites is 1. The smallest absolute Gasteiger partial charge is 0.257 e. The maximum Gasteiger partial charge on any atom is 0.257 e. The van der Waals surface area contributed by atoms with Crippen molar-refractivity contribution in [3.8, 4) is 0 Å². The first-order valence-corrected chi connectivity index (χ1v) is 8.06. The van der Waals surface area contributed by atoms with Gasteiger partial charge in [0.2, 0.25) is 5.91 Å². The SMILES string of the molecule is CC(C(=O)Nc1ccccc1)N1CCN(C(=O)c2ccoc2)CC1. The van der Waals surface area contributed by atoms with Gasteiger partial charge in [0.25, 0.3) is 5.91 Å². The van der Waals surface area contributed by atoms with E-state index in [1.807, 2.05) is 37.3 Å². The van der Waals surface area contributed by atoms with Crippen molar-refractivity contribution in [1.29, 1.82) is 0 Å². The number of rotatable bonds is 4. The van der Waals surface area contributed by atoms with Crippen LogP contribution in [0.25, 0.3) is 0 Å². The number of furan rings is 1. The topological polar surface area (TPSA) is 65.8 Å². The lowest BCUT2D eigenvalue weighted by atomic mass is 10.2. The van der Waals surface area contributed by atoms with E-state index in [1.165, 1.54) is 12.5 Å². The quantitative estimate of drug-likeness (QED) is 0.933. The molecule has 6 heteroatoms. The highest BCUT2D eigenvalue weighted by Crippen LogP contribution is 2.13. The zero-order valence-electron chi connectivity index (χ0n) is 13.6. The molecule has 1 aromatic carbocycles. The minimum atomic E-state index is -0.239. The van der Waals surface area contributed by atoms with Gasteiger partial charge in [-0.2, -0.15) is 0 Å². The Balaban J connectivity index is 1.52. The predicted octanol–water partition coefficient (Wildman–Crippen LogP) is 2.06. The van der Waals surface area contributed by atoms with E-state index in [0.717, 1.165) is 5.69 Å². The Morgan fingerprint density at radius 3 is 2.42 bits per heavy atom. The first-order chi connectivity index (χ1) is 11.6. The lowest BCUT2D eigenvalue weighted by Crippen LogP contribution is -2.54. The molecule has 1 fully saturated rings. The summed E-state index contributed by atoms with van der Waals surface area (Å²) in [4.78, 5) is 28.5. The lowest BCUT2D eigenvalue weighted by molar-refractivity contribution is -0.121. The maximum absolute atomic E-state index is 12.4. The van der Waals surface area contributed by atoms with Crippen LogP contribution >= 0.6 is 0 Å². The molecule has 0 spiro atoms. The molecule has 0 bridgehead atoms. The van der Waals surface area contributed by atoms with Crippen molar-refractivity contribution in [1.82, 2.24) is 9.80 Å². The van der Waals surface area contributed by atoms with Gasteiger partial charge in [0.15, 0.2) is 0 Å². The highest BCUT2D eigenvalue weighted by Gasteiger charge is 2.28. The van der Waals surface area contributed by atoms with Crippen LogP contribution in [0.2, 0.25) is 0 Å². The summed E-state index contributed by atoms with van der Waals surface area (Å²) in [6, 6.07) is 10.9. The van der Waals surface area contributed by atoms with Gasteiger partial charge < -0.3 is 14.6 Å². The van der Waals surface area contributed by atoms with E-state index in [1.54, 1.807) is 11.0 Å². The second-order valence-corrected chi connectivity index (χ2v) is 5.87. The third-order valence-electron chi connectivity index (χ3n) is 4.34. The normalized spacial score (nSPS) is 16.6. The highest BCUT2D eigenvalue weighted by atomic mass is 16.3. The molecule has 1 unspecified atom stereocenters. The van der Waals surface area contributed by atoms with Gasteiger partial charge in [-0.25, -0.2) is 0 Å². The summed E-state index contributed by atoms with van der Waals surface area (Å²) in [6.45, 7) is 4.45. The highest BCUT2D eigenvalue weighted by molar-refractivity contribution is 5.95. The van der Waals surface area contributed by atoms with E-state index < -0.39 is 0 Å². The standard InChI is InChI=1S/C18H21N3O3/c1-14(17(22)19-16-5-3-2-4-6-16)20-8-10-21(11-9-20)18(23)15-7-12-24-13-15/h2-7,12-14H,8-11H2,1H3,(H,19,22). The van der Waals surface area contributed by atoms with Crippen LogP contribution < -0.4 is 5.32 Å². The molecule has 6 nitrogen and oxygen atoms in total. The van der Waals surface area contributed by atoms with Gasteiger partial charge in [0, 0.05) is 31.9 Å². The van der Waals surface area contributed by atoms with Crippen molar-refractivity contribution in [2.45, 2.75) is 13.0 Å². The minimum absolute atomic E-state index is 0.0233. The summed E-state index contributed by atoms with van der Waals surface area (Å²) >= 11 is 0. The van der Waals surface area contributed by atoms with Crippen LogP contribution in [0.15, 0.2) is 53.3 Å². The molecule has 1 aliphatic heterocycles. The average molecular weight is 327 g/mol. The van der Waals surface area contributed by atoms with Gasteiger partial charge in [0.05, 0.1) is 17.9 Å². The van der Waals surface area contributed by atoms with Gasteiger partial charge >= 0.3 is 0 Å². The molecule has 24 heavy (non-hydrogen) atoms. The molecule has 126 valence electrons. The summed E-state index contributed by atoms with van der Waals surface area (Å²) < 4.78 is 4.96. The Morgan fingerprint density at radius 1 is 1.08 bits per heavy atom. The number of carbonyl (C=O) groups is 2. The molecule has 1 atom stereocenters. The van der Waals surface area contributed by atoms with Crippen molar-refractivity contribution in [2.75, 3.05) is 31.5 Å². The zero-order valence-corrected chi connectivity index (χ0v) is 13.6. The van der Waals surface area contributed by atoms with Gasteiger partial charge in [-0.3, -0.25) is 14.5 Å². The molecule has 0 saturated carbocycles. The van der Waals surface area contributed by atoms with E-state index in [9.17, 15) is 9.59 Å². The first kappa shape index (κ1) is 16.3. The number of hydrogen-bond acceptors (Lipinski definition) is 4. The number of amides is 2. The van der Waals surface area contributed by atoms with Gasteiger partial charge in [-0.1, -0.05) is 18.2 Å². The van der Waals surface area contributed by atoms with Crippen LogP contribution in [0.3, 0.4) is 0 Å². The fourth-order valence-electron chi connectivity index (χ4n) is 2.82. The molecule has 1 aliphatic rings. The van der Waals surface area contributed by atoms with E-state index in [-0.39, 0.29) is 17.9 Å². The number of benzene rings is 1. The van der Waals surface area contributed by atoms with Crippen LogP contribution in [0.1, 0.15) is 17.3 Å². The zero-order chi connectivity index (χ0) is 16.9. The molecular weight excluding hydrogens is 306 g/mol. The minimum Gasteiger partial charge on any atom is -0.472 e. The Bertz CT molecular complexity index is 677. The number of anilines is 1. The predicted molar refractivity (Wildman–Crippen MR) is 90.7 cm³/mol. The Hall–Kier alpha value is -2.60. The molecule has 0 radical (unpaired) electrons.